The molecule has 0 aliphatic carbocycles. The number of ether oxygens (including phenoxy) is 1. The number of halogens is 1. The predicted molar refractivity (Wildman–Crippen MR) is 75.6 cm³/mol. The number of methoxy groups -OCH3 is 1. The lowest BCUT2D eigenvalue weighted by Gasteiger charge is -2.24. The first kappa shape index (κ1) is 16.5. The molecule has 1 unspecified atom stereocenters. The molecule has 0 bridgehead atoms. The van der Waals surface area contributed by atoms with Gasteiger partial charge in [0.1, 0.15) is 0 Å². The van der Waals surface area contributed by atoms with E-state index in [2.05, 4.69) is 4.74 Å². The molecule has 1 aromatic rings. The molecular weight excluding hydrogens is 282 g/mol. The lowest BCUT2D eigenvalue weighted by molar-refractivity contribution is -0.145. The van der Waals surface area contributed by atoms with Gasteiger partial charge in [-0.05, 0) is 18.2 Å². The minimum atomic E-state index is -0.463. The van der Waals surface area contributed by atoms with E-state index in [0.29, 0.717) is 10.6 Å². The third kappa shape index (κ3) is 4.51. The molecular formula is C14H18ClNO4. The zero-order chi connectivity index (χ0) is 15.1. The number of aliphatic hydroxyl groups is 1. The Balaban J connectivity index is 2.84. The molecule has 1 N–H and O–H groups in total. The summed E-state index contributed by atoms with van der Waals surface area (Å²) < 4.78 is 4.64. The first-order valence-electron chi connectivity index (χ1n) is 6.23. The summed E-state index contributed by atoms with van der Waals surface area (Å²) in [4.78, 5) is 25.2. The summed E-state index contributed by atoms with van der Waals surface area (Å²) in [5.74, 6) is -1.14. The number of aliphatic hydroxyl groups excluding tert-OH is 1. The molecule has 6 heteroatoms. The Bertz CT molecular complexity index is 478. The predicted octanol–water partition coefficient (Wildman–Crippen LogP) is 1.58. The molecule has 0 radical (unpaired) electrons. The van der Waals surface area contributed by atoms with Crippen LogP contribution in [0, 0.1) is 5.92 Å². The minimum absolute atomic E-state index is 0.146. The fourth-order valence-electron chi connectivity index (χ4n) is 1.81. The lowest BCUT2D eigenvalue weighted by atomic mass is 10.1. The average Bonchev–Trinajstić information content (AvgIpc) is 2.45. The van der Waals surface area contributed by atoms with Gasteiger partial charge in [-0.1, -0.05) is 24.6 Å². The van der Waals surface area contributed by atoms with Gasteiger partial charge in [0.2, 0.25) is 0 Å². The van der Waals surface area contributed by atoms with Crippen LogP contribution in [0.15, 0.2) is 24.3 Å². The van der Waals surface area contributed by atoms with E-state index in [0.717, 1.165) is 0 Å². The summed E-state index contributed by atoms with van der Waals surface area (Å²) in [5, 5.41) is 9.52. The minimum Gasteiger partial charge on any atom is -0.469 e. The molecule has 0 aromatic heterocycles. The Morgan fingerprint density at radius 1 is 1.45 bits per heavy atom. The number of amides is 1. The smallest absolute Gasteiger partial charge is 0.310 e. The Labute approximate surface area is 123 Å². The first-order valence-corrected chi connectivity index (χ1v) is 6.61. The van der Waals surface area contributed by atoms with Gasteiger partial charge in [-0.3, -0.25) is 9.59 Å². The maximum absolute atomic E-state index is 12.3. The molecule has 0 fully saturated rings. The van der Waals surface area contributed by atoms with Gasteiger partial charge < -0.3 is 14.7 Å². The summed E-state index contributed by atoms with van der Waals surface area (Å²) in [6.45, 7) is 1.81. The molecule has 0 aliphatic rings. The van der Waals surface area contributed by atoms with Crippen LogP contribution in [0.25, 0.3) is 0 Å². The fourth-order valence-corrected chi connectivity index (χ4v) is 2.00. The van der Waals surface area contributed by atoms with Crippen LogP contribution in [0.5, 0.6) is 0 Å². The van der Waals surface area contributed by atoms with Gasteiger partial charge in [0.25, 0.3) is 5.91 Å². The van der Waals surface area contributed by atoms with E-state index < -0.39 is 11.9 Å². The fraction of sp³-hybridized carbons (Fsp3) is 0.429. The van der Waals surface area contributed by atoms with Crippen molar-refractivity contribution in [3.63, 3.8) is 0 Å². The number of esters is 1. The third-order valence-electron chi connectivity index (χ3n) is 2.83. The van der Waals surface area contributed by atoms with Crippen molar-refractivity contribution in [2.45, 2.75) is 6.92 Å². The van der Waals surface area contributed by atoms with E-state index in [4.69, 9.17) is 16.7 Å². The van der Waals surface area contributed by atoms with E-state index in [9.17, 15) is 9.59 Å². The highest BCUT2D eigenvalue weighted by Gasteiger charge is 2.22. The van der Waals surface area contributed by atoms with Gasteiger partial charge in [0.15, 0.2) is 0 Å². The molecule has 0 aliphatic heterocycles. The largest absolute Gasteiger partial charge is 0.469 e. The second-order valence-electron chi connectivity index (χ2n) is 4.41. The Kier molecular flexibility index (Phi) is 6.48. The Hall–Kier alpha value is -1.59. The monoisotopic (exact) mass is 299 g/mol. The average molecular weight is 300 g/mol. The molecule has 1 atom stereocenters. The van der Waals surface area contributed by atoms with E-state index in [1.54, 1.807) is 31.2 Å². The van der Waals surface area contributed by atoms with Crippen molar-refractivity contribution < 1.29 is 19.4 Å². The standard InChI is InChI=1S/C14H18ClNO4/c1-10(14(19)20-2)9-16(6-7-17)13(18)11-4-3-5-12(15)8-11/h3-5,8,10,17H,6-7,9H2,1-2H3. The number of carbonyl (C=O) groups excluding carboxylic acids is 2. The van der Waals surface area contributed by atoms with Crippen molar-refractivity contribution in [1.29, 1.82) is 0 Å². The van der Waals surface area contributed by atoms with Crippen molar-refractivity contribution in [1.82, 2.24) is 4.90 Å². The Morgan fingerprint density at radius 2 is 2.15 bits per heavy atom. The van der Waals surface area contributed by atoms with E-state index in [-0.39, 0.29) is 25.6 Å². The van der Waals surface area contributed by atoms with Gasteiger partial charge in [-0.25, -0.2) is 0 Å². The molecule has 20 heavy (non-hydrogen) atoms. The number of rotatable bonds is 6. The number of benzene rings is 1. The third-order valence-corrected chi connectivity index (χ3v) is 3.06. The van der Waals surface area contributed by atoms with Crippen molar-refractivity contribution >= 4 is 23.5 Å². The van der Waals surface area contributed by atoms with Gasteiger partial charge in [0, 0.05) is 23.7 Å². The SMILES string of the molecule is COC(=O)C(C)CN(CCO)C(=O)c1cccc(Cl)c1. The van der Waals surface area contributed by atoms with Crippen LogP contribution in [-0.2, 0) is 9.53 Å². The summed E-state index contributed by atoms with van der Waals surface area (Å²) in [7, 11) is 1.30. The van der Waals surface area contributed by atoms with E-state index in [1.165, 1.54) is 12.0 Å². The molecule has 5 nitrogen and oxygen atoms in total. The van der Waals surface area contributed by atoms with Crippen LogP contribution >= 0.6 is 11.6 Å². The van der Waals surface area contributed by atoms with Gasteiger partial charge >= 0.3 is 5.97 Å². The molecule has 0 saturated heterocycles. The molecule has 0 saturated carbocycles. The zero-order valence-electron chi connectivity index (χ0n) is 11.5. The second kappa shape index (κ2) is 7.87. The van der Waals surface area contributed by atoms with Gasteiger partial charge in [-0.15, -0.1) is 0 Å². The summed E-state index contributed by atoms with van der Waals surface area (Å²) in [5.41, 5.74) is 0.419. The zero-order valence-corrected chi connectivity index (χ0v) is 12.3. The molecule has 0 spiro atoms. The molecule has 110 valence electrons. The van der Waals surface area contributed by atoms with Crippen LogP contribution in [0.2, 0.25) is 5.02 Å². The van der Waals surface area contributed by atoms with E-state index in [1.807, 2.05) is 0 Å². The summed E-state index contributed by atoms with van der Waals surface area (Å²) >= 11 is 5.86. The summed E-state index contributed by atoms with van der Waals surface area (Å²) in [6, 6.07) is 6.54. The molecule has 0 heterocycles. The van der Waals surface area contributed by atoms with Gasteiger partial charge in [-0.2, -0.15) is 0 Å². The van der Waals surface area contributed by atoms with Crippen molar-refractivity contribution in [3.8, 4) is 0 Å². The van der Waals surface area contributed by atoms with Gasteiger partial charge in [0.05, 0.1) is 19.6 Å². The highest BCUT2D eigenvalue weighted by atomic mass is 35.5. The second-order valence-corrected chi connectivity index (χ2v) is 4.85. The molecule has 1 rings (SSSR count). The first-order chi connectivity index (χ1) is 9.49. The number of nitrogens with zero attached hydrogens (tertiary/aromatic N) is 1. The molecule has 1 amide bonds. The molecule has 1 aromatic carbocycles. The van der Waals surface area contributed by atoms with Crippen molar-refractivity contribution in [3.05, 3.63) is 34.9 Å². The number of hydrogen-bond acceptors (Lipinski definition) is 4. The van der Waals surface area contributed by atoms with Crippen molar-refractivity contribution in [2.75, 3.05) is 26.8 Å². The topological polar surface area (TPSA) is 66.8 Å². The van der Waals surface area contributed by atoms with Crippen LogP contribution in [-0.4, -0.2) is 48.7 Å². The lowest BCUT2D eigenvalue weighted by Crippen LogP contribution is -2.39. The van der Waals surface area contributed by atoms with Crippen LogP contribution in [0.1, 0.15) is 17.3 Å². The highest BCUT2D eigenvalue weighted by molar-refractivity contribution is 6.30. The van der Waals surface area contributed by atoms with Crippen LogP contribution in [0.4, 0.5) is 0 Å². The normalized spacial score (nSPS) is 11.8. The summed E-state index contributed by atoms with van der Waals surface area (Å²) in [6.07, 6.45) is 0. The van der Waals surface area contributed by atoms with E-state index >= 15 is 0 Å². The maximum atomic E-state index is 12.3. The van der Waals surface area contributed by atoms with Crippen LogP contribution in [0.3, 0.4) is 0 Å². The Morgan fingerprint density at radius 3 is 2.70 bits per heavy atom. The highest BCUT2D eigenvalue weighted by Crippen LogP contribution is 2.14. The maximum Gasteiger partial charge on any atom is 0.310 e. The number of hydrogen-bond donors (Lipinski definition) is 1. The van der Waals surface area contributed by atoms with Crippen molar-refractivity contribution in [2.24, 2.45) is 5.92 Å². The quantitative estimate of drug-likeness (QED) is 0.810. The number of carbonyl (C=O) groups is 2. The van der Waals surface area contributed by atoms with Crippen LogP contribution < -0.4 is 0 Å².